The molecule has 0 aliphatic heterocycles. The normalized spacial score (nSPS) is 36.0. The van der Waals surface area contributed by atoms with Gasteiger partial charge in [-0.2, -0.15) is 0 Å². The van der Waals surface area contributed by atoms with Crippen LogP contribution in [0.5, 0.6) is 5.75 Å². The van der Waals surface area contributed by atoms with Crippen LogP contribution >= 0.6 is 0 Å². The van der Waals surface area contributed by atoms with Gasteiger partial charge in [0.1, 0.15) is 11.3 Å². The van der Waals surface area contributed by atoms with E-state index in [0.29, 0.717) is 23.5 Å². The first-order chi connectivity index (χ1) is 12.2. The van der Waals surface area contributed by atoms with E-state index < -0.39 is 11.5 Å². The van der Waals surface area contributed by atoms with E-state index in [1.165, 1.54) is 17.5 Å². The number of esters is 1. The van der Waals surface area contributed by atoms with Crippen LogP contribution in [0.1, 0.15) is 69.9 Å². The summed E-state index contributed by atoms with van der Waals surface area (Å²) in [7, 11) is 0. The molecular formula is C22H31NO3. The van der Waals surface area contributed by atoms with E-state index in [1.54, 1.807) is 13.8 Å². The molecule has 0 saturated heterocycles. The predicted molar refractivity (Wildman–Crippen MR) is 101 cm³/mol. The number of carbonyl (C=O) groups is 1. The maximum absolute atomic E-state index is 12.1. The molecule has 0 bridgehead atoms. The number of nitrogens with two attached hydrogens (primary N) is 1. The van der Waals surface area contributed by atoms with Crippen molar-refractivity contribution >= 4 is 5.97 Å². The minimum atomic E-state index is -0.988. The van der Waals surface area contributed by atoms with Crippen molar-refractivity contribution in [2.45, 2.75) is 76.9 Å². The number of hydrogen-bond acceptors (Lipinski definition) is 4. The van der Waals surface area contributed by atoms with Gasteiger partial charge in [-0.05, 0) is 98.8 Å². The summed E-state index contributed by atoms with van der Waals surface area (Å²) in [5.74, 6) is 2.09. The molecule has 3 aliphatic rings. The number of aliphatic hydroxyl groups excluding tert-OH is 1. The Hall–Kier alpha value is -1.39. The zero-order valence-corrected chi connectivity index (χ0v) is 16.1. The number of fused-ring (bicyclic) bond motifs is 5. The van der Waals surface area contributed by atoms with Crippen molar-refractivity contribution in [1.82, 2.24) is 0 Å². The minimum Gasteiger partial charge on any atom is -0.425 e. The smallest absolute Gasteiger partial charge is 0.330 e. The predicted octanol–water partition coefficient (Wildman–Crippen LogP) is 3.55. The molecule has 4 nitrogen and oxygen atoms in total. The third-order valence-corrected chi connectivity index (χ3v) is 7.38. The fourth-order valence-corrected chi connectivity index (χ4v) is 5.83. The maximum atomic E-state index is 12.1. The Labute approximate surface area is 156 Å². The van der Waals surface area contributed by atoms with Crippen molar-refractivity contribution in [2.75, 3.05) is 0 Å². The molecule has 0 radical (unpaired) electrons. The van der Waals surface area contributed by atoms with Gasteiger partial charge in [0.2, 0.25) is 0 Å². The van der Waals surface area contributed by atoms with Crippen LogP contribution in [0.15, 0.2) is 18.2 Å². The first-order valence-corrected chi connectivity index (χ1v) is 10.0. The Morgan fingerprint density at radius 3 is 2.77 bits per heavy atom. The molecular weight excluding hydrogens is 326 g/mol. The summed E-state index contributed by atoms with van der Waals surface area (Å²) in [6.45, 7) is 5.62. The molecule has 2 saturated carbocycles. The Morgan fingerprint density at radius 1 is 1.27 bits per heavy atom. The highest BCUT2D eigenvalue weighted by Gasteiger charge is 2.54. The highest BCUT2D eigenvalue weighted by Crippen LogP contribution is 2.60. The number of benzene rings is 1. The fraction of sp³-hybridized carbons (Fsp3) is 0.682. The second kappa shape index (κ2) is 6.07. The molecule has 0 spiro atoms. The molecule has 3 aliphatic carbocycles. The second-order valence-electron chi connectivity index (χ2n) is 9.52. The van der Waals surface area contributed by atoms with Gasteiger partial charge in [-0.15, -0.1) is 0 Å². The molecule has 0 aromatic heterocycles. The van der Waals surface area contributed by atoms with Crippen molar-refractivity contribution in [1.29, 1.82) is 0 Å². The van der Waals surface area contributed by atoms with E-state index in [2.05, 4.69) is 13.0 Å². The molecule has 4 heteroatoms. The van der Waals surface area contributed by atoms with Crippen LogP contribution in [0.4, 0.5) is 0 Å². The van der Waals surface area contributed by atoms with Crippen molar-refractivity contribution in [3.05, 3.63) is 29.3 Å². The number of hydrogen-bond donors (Lipinski definition) is 2. The Morgan fingerprint density at radius 2 is 2.04 bits per heavy atom. The summed E-state index contributed by atoms with van der Waals surface area (Å²) in [6.07, 6.45) is 6.45. The molecule has 4 rings (SSSR count). The average molecular weight is 357 g/mol. The Kier molecular flexibility index (Phi) is 4.20. The Bertz CT molecular complexity index is 723. The van der Waals surface area contributed by atoms with E-state index in [-0.39, 0.29) is 11.5 Å². The summed E-state index contributed by atoms with van der Waals surface area (Å²) >= 11 is 0. The van der Waals surface area contributed by atoms with Gasteiger partial charge in [0.05, 0.1) is 6.10 Å². The van der Waals surface area contributed by atoms with Gasteiger partial charge < -0.3 is 15.6 Å². The molecule has 142 valence electrons. The molecule has 1 aromatic carbocycles. The number of rotatable bonds is 2. The largest absolute Gasteiger partial charge is 0.425 e. The lowest BCUT2D eigenvalue weighted by Crippen LogP contribution is -2.44. The van der Waals surface area contributed by atoms with Gasteiger partial charge in [-0.1, -0.05) is 13.0 Å². The SMILES string of the molecule is CC(C)(N)C(=O)Oc1ccc2c(c1)CCC1C2CCC2(C)C(O)CCC12. The third-order valence-electron chi connectivity index (χ3n) is 7.38. The summed E-state index contributed by atoms with van der Waals surface area (Å²) in [6, 6.07) is 6.11. The standard InChI is InChI=1S/C22H31NO3/c1-21(2,23)20(25)26-14-5-7-15-13(12-14)4-6-17-16(15)10-11-22(3)18(17)8-9-19(22)24/h5,7,12,16-19,24H,4,6,8-11,23H2,1-3H3. The molecule has 5 unspecified atom stereocenters. The summed E-state index contributed by atoms with van der Waals surface area (Å²) in [4.78, 5) is 12.1. The highest BCUT2D eigenvalue weighted by molar-refractivity contribution is 5.81. The molecule has 26 heavy (non-hydrogen) atoms. The number of aliphatic hydroxyl groups is 1. The van der Waals surface area contributed by atoms with E-state index in [0.717, 1.165) is 32.1 Å². The van der Waals surface area contributed by atoms with Crippen molar-refractivity contribution in [3.63, 3.8) is 0 Å². The molecule has 0 amide bonds. The summed E-state index contributed by atoms with van der Waals surface area (Å²) in [5, 5.41) is 10.5. The minimum absolute atomic E-state index is 0.112. The van der Waals surface area contributed by atoms with Crippen LogP contribution in [-0.2, 0) is 11.2 Å². The quantitative estimate of drug-likeness (QED) is 0.627. The first kappa shape index (κ1) is 18.0. The molecule has 5 atom stereocenters. The van der Waals surface area contributed by atoms with E-state index >= 15 is 0 Å². The van der Waals surface area contributed by atoms with Crippen LogP contribution < -0.4 is 10.5 Å². The molecule has 0 heterocycles. The third kappa shape index (κ3) is 2.78. The van der Waals surface area contributed by atoms with Crippen LogP contribution in [0.3, 0.4) is 0 Å². The highest BCUT2D eigenvalue weighted by atomic mass is 16.5. The fourth-order valence-electron chi connectivity index (χ4n) is 5.83. The van der Waals surface area contributed by atoms with E-state index in [1.807, 2.05) is 12.1 Å². The van der Waals surface area contributed by atoms with Gasteiger partial charge in [-0.25, -0.2) is 4.79 Å². The second-order valence-corrected chi connectivity index (χ2v) is 9.52. The number of aryl methyl sites for hydroxylation is 1. The van der Waals surface area contributed by atoms with E-state index in [9.17, 15) is 9.90 Å². The zero-order chi connectivity index (χ0) is 18.7. The van der Waals surface area contributed by atoms with Crippen LogP contribution in [0, 0.1) is 17.3 Å². The average Bonchev–Trinajstić information content (AvgIpc) is 2.89. The van der Waals surface area contributed by atoms with Crippen molar-refractivity contribution in [3.8, 4) is 5.75 Å². The zero-order valence-electron chi connectivity index (χ0n) is 16.1. The molecule has 2 fully saturated rings. The maximum Gasteiger partial charge on any atom is 0.330 e. The van der Waals surface area contributed by atoms with Gasteiger partial charge >= 0.3 is 5.97 Å². The lowest BCUT2D eigenvalue weighted by atomic mass is 9.55. The molecule has 1 aromatic rings. The first-order valence-electron chi connectivity index (χ1n) is 10.0. The Balaban J connectivity index is 1.57. The van der Waals surface area contributed by atoms with Gasteiger partial charge in [0.15, 0.2) is 0 Å². The lowest BCUT2D eigenvalue weighted by molar-refractivity contribution is -0.139. The van der Waals surface area contributed by atoms with Gasteiger partial charge in [0, 0.05) is 0 Å². The van der Waals surface area contributed by atoms with Gasteiger partial charge in [0.25, 0.3) is 0 Å². The van der Waals surface area contributed by atoms with Crippen molar-refractivity contribution in [2.24, 2.45) is 23.0 Å². The summed E-state index contributed by atoms with van der Waals surface area (Å²) < 4.78 is 5.48. The van der Waals surface area contributed by atoms with E-state index in [4.69, 9.17) is 10.5 Å². The lowest BCUT2D eigenvalue weighted by Gasteiger charge is -2.50. The topological polar surface area (TPSA) is 72.6 Å². The van der Waals surface area contributed by atoms with Crippen LogP contribution in [0.2, 0.25) is 0 Å². The van der Waals surface area contributed by atoms with Crippen LogP contribution in [0.25, 0.3) is 0 Å². The van der Waals surface area contributed by atoms with Gasteiger partial charge in [-0.3, -0.25) is 0 Å². The summed E-state index contributed by atoms with van der Waals surface area (Å²) in [5.41, 5.74) is 7.69. The van der Waals surface area contributed by atoms with Crippen molar-refractivity contribution < 1.29 is 14.6 Å². The number of ether oxygens (including phenoxy) is 1. The monoisotopic (exact) mass is 357 g/mol. The van der Waals surface area contributed by atoms with Crippen LogP contribution in [-0.4, -0.2) is 22.7 Å². The molecule has 3 N–H and O–H groups in total. The number of carbonyl (C=O) groups excluding carboxylic acids is 1.